The number of aliphatic hydroxyl groups excluding tert-OH is 2. The van der Waals surface area contributed by atoms with Crippen LogP contribution in [0.4, 0.5) is 0 Å². The summed E-state index contributed by atoms with van der Waals surface area (Å²) in [5, 5.41) is 25.5. The van der Waals surface area contributed by atoms with Gasteiger partial charge in [0.15, 0.2) is 0 Å². The van der Waals surface area contributed by atoms with Crippen molar-refractivity contribution in [1.29, 1.82) is 0 Å². The van der Waals surface area contributed by atoms with E-state index in [-0.39, 0.29) is 13.2 Å². The monoisotopic (exact) mass is 581 g/mol. The van der Waals surface area contributed by atoms with E-state index in [2.05, 4.69) is 98.1 Å². The first kappa shape index (κ1) is 29.9. The van der Waals surface area contributed by atoms with Crippen LogP contribution in [0.15, 0.2) is 72.8 Å². The molecule has 0 saturated heterocycles. The maximum Gasteiger partial charge on any atom is 0.124 e. The predicted molar refractivity (Wildman–Crippen MR) is 173 cm³/mol. The highest BCUT2D eigenvalue weighted by Gasteiger charge is 2.15. The zero-order valence-corrected chi connectivity index (χ0v) is 25.4. The number of aromatic nitrogens is 1. The first-order valence-corrected chi connectivity index (χ1v) is 15.2. The molecule has 6 nitrogen and oxygen atoms in total. The number of hydrogen-bond acceptors (Lipinski definition) is 7. The molecule has 218 valence electrons. The van der Waals surface area contributed by atoms with Gasteiger partial charge in [-0.25, -0.2) is 4.98 Å². The van der Waals surface area contributed by atoms with Crippen LogP contribution in [0.2, 0.25) is 0 Å². The molecule has 1 heterocycles. The van der Waals surface area contributed by atoms with E-state index in [9.17, 15) is 0 Å². The summed E-state index contributed by atoms with van der Waals surface area (Å²) in [5.74, 6) is 0.882. The summed E-state index contributed by atoms with van der Waals surface area (Å²) in [6.45, 7) is 9.82. The van der Waals surface area contributed by atoms with Crippen LogP contribution in [0, 0.1) is 20.8 Å². The number of aliphatic hydroxyl groups is 2. The minimum absolute atomic E-state index is 0.135. The average molecular weight is 582 g/mol. The number of ether oxygens (including phenoxy) is 1. The second-order valence-corrected chi connectivity index (χ2v) is 11.6. The van der Waals surface area contributed by atoms with Crippen LogP contribution in [-0.2, 0) is 19.7 Å². The summed E-state index contributed by atoms with van der Waals surface area (Å²) in [6, 6.07) is 25.5. The van der Waals surface area contributed by atoms with Crippen molar-refractivity contribution >= 4 is 21.6 Å². The van der Waals surface area contributed by atoms with Gasteiger partial charge in [-0.1, -0.05) is 54.6 Å². The van der Waals surface area contributed by atoms with Crippen molar-refractivity contribution in [2.75, 3.05) is 26.3 Å². The Morgan fingerprint density at radius 3 is 2.10 bits per heavy atom. The molecule has 7 heteroatoms. The van der Waals surface area contributed by atoms with Gasteiger partial charge in [-0.3, -0.25) is 0 Å². The van der Waals surface area contributed by atoms with Gasteiger partial charge in [0, 0.05) is 31.7 Å². The number of aryl methyl sites for hydroxylation is 1. The lowest BCUT2D eigenvalue weighted by Gasteiger charge is -2.16. The highest BCUT2D eigenvalue weighted by Crippen LogP contribution is 2.37. The van der Waals surface area contributed by atoms with Crippen molar-refractivity contribution in [1.82, 2.24) is 15.6 Å². The molecule has 0 amide bonds. The molecule has 0 aliphatic carbocycles. The molecule has 0 fully saturated rings. The van der Waals surface area contributed by atoms with Gasteiger partial charge in [0.1, 0.15) is 17.4 Å². The maximum absolute atomic E-state index is 9.04. The summed E-state index contributed by atoms with van der Waals surface area (Å²) >= 11 is 1.72. The van der Waals surface area contributed by atoms with E-state index in [1.807, 2.05) is 6.07 Å². The topological polar surface area (TPSA) is 86.6 Å². The Morgan fingerprint density at radius 2 is 1.38 bits per heavy atom. The number of benzene rings is 4. The van der Waals surface area contributed by atoms with Gasteiger partial charge in [0.05, 0.1) is 23.4 Å². The maximum atomic E-state index is 9.04. The third-order valence-corrected chi connectivity index (χ3v) is 8.66. The van der Waals surface area contributed by atoms with Crippen LogP contribution in [-0.4, -0.2) is 41.5 Å². The second kappa shape index (κ2) is 14.1. The Hall–Kier alpha value is -3.59. The molecule has 0 atom stereocenters. The number of nitrogens with zero attached hydrogens (tertiary/aromatic N) is 1. The van der Waals surface area contributed by atoms with Crippen molar-refractivity contribution in [3.63, 3.8) is 0 Å². The molecule has 0 radical (unpaired) electrons. The molecule has 4 N–H and O–H groups in total. The van der Waals surface area contributed by atoms with Gasteiger partial charge < -0.3 is 25.6 Å². The number of fused-ring (bicyclic) bond motifs is 1. The Labute approximate surface area is 252 Å². The lowest BCUT2D eigenvalue weighted by atomic mass is 9.91. The lowest BCUT2D eigenvalue weighted by Crippen LogP contribution is -2.17. The lowest BCUT2D eigenvalue weighted by molar-refractivity contribution is 0.291. The van der Waals surface area contributed by atoms with Gasteiger partial charge in [0.25, 0.3) is 0 Å². The molecule has 4 aromatic carbocycles. The van der Waals surface area contributed by atoms with Gasteiger partial charge in [0.2, 0.25) is 0 Å². The molecule has 5 rings (SSSR count). The SMILES string of the molecule is Cc1cc(CNCCO)ccc1OCc1cccc(-c2cccc(-c3nc4ccc(CNCCO)cc4s3)c2C)c1C. The fraction of sp³-hybridized carbons (Fsp3) is 0.286. The van der Waals surface area contributed by atoms with Crippen molar-refractivity contribution in [2.24, 2.45) is 0 Å². The molecule has 0 unspecified atom stereocenters. The van der Waals surface area contributed by atoms with Gasteiger partial charge >= 0.3 is 0 Å². The molecule has 0 aliphatic heterocycles. The summed E-state index contributed by atoms with van der Waals surface area (Å²) in [4.78, 5) is 4.98. The third kappa shape index (κ3) is 6.89. The molecule has 0 bridgehead atoms. The fourth-order valence-electron chi connectivity index (χ4n) is 5.25. The van der Waals surface area contributed by atoms with E-state index >= 15 is 0 Å². The van der Waals surface area contributed by atoms with E-state index in [0.717, 1.165) is 50.8 Å². The van der Waals surface area contributed by atoms with Gasteiger partial charge in [-0.05, 0) is 83.5 Å². The highest BCUT2D eigenvalue weighted by atomic mass is 32.1. The highest BCUT2D eigenvalue weighted by molar-refractivity contribution is 7.21. The van der Waals surface area contributed by atoms with Crippen LogP contribution >= 0.6 is 11.3 Å². The van der Waals surface area contributed by atoms with Crippen molar-refractivity contribution in [3.8, 4) is 27.4 Å². The Morgan fingerprint density at radius 1 is 0.738 bits per heavy atom. The van der Waals surface area contributed by atoms with Crippen LogP contribution in [0.25, 0.3) is 31.9 Å². The van der Waals surface area contributed by atoms with E-state index in [1.54, 1.807) is 11.3 Å². The summed E-state index contributed by atoms with van der Waals surface area (Å²) in [5.41, 5.74) is 11.6. The largest absolute Gasteiger partial charge is 0.489 e. The van der Waals surface area contributed by atoms with Crippen LogP contribution in [0.5, 0.6) is 5.75 Å². The molecule has 0 saturated carbocycles. The van der Waals surface area contributed by atoms with E-state index in [1.165, 1.54) is 33.4 Å². The standard InChI is InChI=1S/C35H39N3O3S/c1-23-18-26(20-36-14-16-39)11-13-33(23)41-22-28-6-4-7-29(24(28)2)30-8-5-9-31(25(30)3)35-38-32-12-10-27(19-34(32)42-35)21-37-15-17-40/h4-13,18-19,36-37,39-40H,14-17,20-22H2,1-3H3. The first-order valence-electron chi connectivity index (χ1n) is 14.4. The van der Waals surface area contributed by atoms with Crippen molar-refractivity contribution < 1.29 is 14.9 Å². The first-order chi connectivity index (χ1) is 20.5. The Kier molecular flexibility index (Phi) is 10.00. The minimum atomic E-state index is 0.135. The molecule has 42 heavy (non-hydrogen) atoms. The van der Waals surface area contributed by atoms with Crippen molar-refractivity contribution in [2.45, 2.75) is 40.5 Å². The van der Waals surface area contributed by atoms with Gasteiger partial charge in [-0.15, -0.1) is 11.3 Å². The zero-order valence-electron chi connectivity index (χ0n) is 24.5. The zero-order chi connectivity index (χ0) is 29.5. The number of thiazole rings is 1. The van der Waals surface area contributed by atoms with Crippen LogP contribution in [0.1, 0.15) is 33.4 Å². The number of hydrogen-bond donors (Lipinski definition) is 4. The minimum Gasteiger partial charge on any atom is -0.489 e. The van der Waals surface area contributed by atoms with Crippen LogP contribution < -0.4 is 15.4 Å². The molecular formula is C35H39N3O3S. The van der Waals surface area contributed by atoms with Gasteiger partial charge in [-0.2, -0.15) is 0 Å². The smallest absolute Gasteiger partial charge is 0.124 e. The second-order valence-electron chi connectivity index (χ2n) is 10.6. The molecule has 5 aromatic rings. The van der Waals surface area contributed by atoms with E-state index < -0.39 is 0 Å². The molecular weight excluding hydrogens is 542 g/mol. The third-order valence-electron chi connectivity index (χ3n) is 7.61. The van der Waals surface area contributed by atoms with Crippen molar-refractivity contribution in [3.05, 3.63) is 106 Å². The Balaban J connectivity index is 1.36. The quantitative estimate of drug-likeness (QED) is 0.122. The Bertz CT molecular complexity index is 1660. The summed E-state index contributed by atoms with van der Waals surface area (Å²) in [7, 11) is 0. The summed E-state index contributed by atoms with van der Waals surface area (Å²) in [6.07, 6.45) is 0. The molecule has 1 aromatic heterocycles. The summed E-state index contributed by atoms with van der Waals surface area (Å²) < 4.78 is 7.45. The van der Waals surface area contributed by atoms with E-state index in [0.29, 0.717) is 19.7 Å². The van der Waals surface area contributed by atoms with E-state index in [4.69, 9.17) is 19.9 Å². The average Bonchev–Trinajstić information content (AvgIpc) is 3.41. The number of nitrogens with one attached hydrogen (secondary N) is 2. The predicted octanol–water partition coefficient (Wildman–Crippen LogP) is 6.30. The molecule has 0 spiro atoms. The van der Waals surface area contributed by atoms with Crippen LogP contribution in [0.3, 0.4) is 0 Å². The molecule has 0 aliphatic rings. The fourth-order valence-corrected chi connectivity index (χ4v) is 6.36. The number of rotatable bonds is 13. The normalized spacial score (nSPS) is 11.4.